The highest BCUT2D eigenvalue weighted by molar-refractivity contribution is 6.28. The topological polar surface area (TPSA) is 30.7 Å². The quantitative estimate of drug-likeness (QED) is 0.747. The van der Waals surface area contributed by atoms with Crippen LogP contribution >= 0.6 is 11.6 Å². The van der Waals surface area contributed by atoms with Gasteiger partial charge in [0, 0.05) is 0 Å². The first-order chi connectivity index (χ1) is 7.09. The normalized spacial score (nSPS) is 10.7. The first-order valence-electron chi connectivity index (χ1n) is 4.43. The lowest BCUT2D eigenvalue weighted by Gasteiger charge is -2.06. The summed E-state index contributed by atoms with van der Waals surface area (Å²) >= 11 is 5.81. The summed E-state index contributed by atoms with van der Waals surface area (Å²) in [6.07, 6.45) is 0. The third kappa shape index (κ3) is 1.72. The number of nitrogens with zero attached hydrogens (tertiary/aromatic N) is 3. The Bertz CT molecular complexity index is 488. The van der Waals surface area contributed by atoms with Crippen LogP contribution in [-0.4, -0.2) is 14.8 Å². The van der Waals surface area contributed by atoms with Crippen molar-refractivity contribution in [2.24, 2.45) is 0 Å². The van der Waals surface area contributed by atoms with Crippen LogP contribution in [0.3, 0.4) is 0 Å². The van der Waals surface area contributed by atoms with Crippen LogP contribution < -0.4 is 0 Å². The van der Waals surface area contributed by atoms with Crippen LogP contribution in [0, 0.1) is 19.7 Å². The average molecular weight is 226 g/mol. The maximum atomic E-state index is 13.6. The Morgan fingerprint density at radius 3 is 2.53 bits per heavy atom. The molecule has 78 valence electrons. The van der Waals surface area contributed by atoms with Gasteiger partial charge in [-0.3, -0.25) is 4.57 Å². The first kappa shape index (κ1) is 10.1. The van der Waals surface area contributed by atoms with Crippen LogP contribution in [0.15, 0.2) is 18.2 Å². The van der Waals surface area contributed by atoms with E-state index in [0.717, 1.165) is 5.56 Å². The van der Waals surface area contributed by atoms with Crippen molar-refractivity contribution >= 4 is 11.6 Å². The molecule has 5 heteroatoms. The molecule has 0 radical (unpaired) electrons. The van der Waals surface area contributed by atoms with Gasteiger partial charge in [-0.05, 0) is 43.1 Å². The number of halogens is 2. The highest BCUT2D eigenvalue weighted by atomic mass is 35.5. The fourth-order valence-electron chi connectivity index (χ4n) is 1.40. The molecule has 15 heavy (non-hydrogen) atoms. The summed E-state index contributed by atoms with van der Waals surface area (Å²) < 4.78 is 15.1. The van der Waals surface area contributed by atoms with Gasteiger partial charge in [-0.25, -0.2) is 4.39 Å². The monoisotopic (exact) mass is 225 g/mol. The molecule has 0 saturated heterocycles. The van der Waals surface area contributed by atoms with Gasteiger partial charge in [0.05, 0.1) is 5.69 Å². The van der Waals surface area contributed by atoms with E-state index >= 15 is 0 Å². The lowest BCUT2D eigenvalue weighted by atomic mass is 10.2. The Labute approximate surface area is 91.5 Å². The number of benzene rings is 1. The van der Waals surface area contributed by atoms with E-state index in [-0.39, 0.29) is 11.1 Å². The van der Waals surface area contributed by atoms with E-state index in [0.29, 0.717) is 11.5 Å². The zero-order chi connectivity index (χ0) is 11.0. The summed E-state index contributed by atoms with van der Waals surface area (Å²) in [6.45, 7) is 3.55. The second-order valence-corrected chi connectivity index (χ2v) is 3.64. The minimum Gasteiger partial charge on any atom is -0.267 e. The highest BCUT2D eigenvalue weighted by Crippen LogP contribution is 2.20. The van der Waals surface area contributed by atoms with Gasteiger partial charge in [0.15, 0.2) is 0 Å². The first-order valence-corrected chi connectivity index (χ1v) is 4.81. The molecule has 1 heterocycles. The molecular formula is C10H9ClFN3. The van der Waals surface area contributed by atoms with Crippen molar-refractivity contribution in [3.63, 3.8) is 0 Å². The smallest absolute Gasteiger partial charge is 0.229 e. The molecule has 0 fully saturated rings. The Morgan fingerprint density at radius 1 is 1.27 bits per heavy atom. The van der Waals surface area contributed by atoms with Gasteiger partial charge in [-0.2, -0.15) is 0 Å². The second-order valence-electron chi connectivity index (χ2n) is 3.31. The predicted molar refractivity (Wildman–Crippen MR) is 55.8 cm³/mol. The van der Waals surface area contributed by atoms with E-state index in [2.05, 4.69) is 10.2 Å². The Hall–Kier alpha value is -1.42. The third-order valence-electron chi connectivity index (χ3n) is 2.13. The molecule has 0 atom stereocenters. The largest absolute Gasteiger partial charge is 0.267 e. The minimum atomic E-state index is -0.334. The van der Waals surface area contributed by atoms with Gasteiger partial charge >= 0.3 is 0 Å². The SMILES string of the molecule is Cc1ccc(-n2c(C)nnc2Cl)c(F)c1. The van der Waals surface area contributed by atoms with Crippen molar-refractivity contribution in [3.8, 4) is 5.69 Å². The Morgan fingerprint density at radius 2 is 2.00 bits per heavy atom. The average Bonchev–Trinajstić information content (AvgIpc) is 2.48. The zero-order valence-electron chi connectivity index (χ0n) is 8.33. The van der Waals surface area contributed by atoms with Gasteiger partial charge in [0.25, 0.3) is 0 Å². The zero-order valence-corrected chi connectivity index (χ0v) is 9.09. The van der Waals surface area contributed by atoms with Crippen LogP contribution in [0.5, 0.6) is 0 Å². The number of rotatable bonds is 1. The summed E-state index contributed by atoms with van der Waals surface area (Å²) in [6, 6.07) is 4.92. The molecule has 0 bridgehead atoms. The number of aryl methyl sites for hydroxylation is 2. The molecule has 3 nitrogen and oxygen atoms in total. The molecule has 2 aromatic rings. The molecule has 0 aliphatic carbocycles. The molecule has 0 N–H and O–H groups in total. The molecule has 0 amide bonds. The molecular weight excluding hydrogens is 217 g/mol. The van der Waals surface area contributed by atoms with Crippen molar-refractivity contribution in [3.05, 3.63) is 40.7 Å². The minimum absolute atomic E-state index is 0.162. The van der Waals surface area contributed by atoms with Crippen LogP contribution in [-0.2, 0) is 0 Å². The van der Waals surface area contributed by atoms with E-state index in [1.165, 1.54) is 10.6 Å². The van der Waals surface area contributed by atoms with Crippen molar-refractivity contribution < 1.29 is 4.39 Å². The van der Waals surface area contributed by atoms with Crippen molar-refractivity contribution in [2.75, 3.05) is 0 Å². The van der Waals surface area contributed by atoms with E-state index in [4.69, 9.17) is 11.6 Å². The fraction of sp³-hybridized carbons (Fsp3) is 0.200. The van der Waals surface area contributed by atoms with Crippen LogP contribution in [0.4, 0.5) is 4.39 Å². The van der Waals surface area contributed by atoms with Crippen LogP contribution in [0.25, 0.3) is 5.69 Å². The van der Waals surface area contributed by atoms with Crippen molar-refractivity contribution in [1.29, 1.82) is 0 Å². The van der Waals surface area contributed by atoms with Crippen molar-refractivity contribution in [2.45, 2.75) is 13.8 Å². The van der Waals surface area contributed by atoms with Crippen LogP contribution in [0.2, 0.25) is 5.28 Å². The lowest BCUT2D eigenvalue weighted by molar-refractivity contribution is 0.615. The third-order valence-corrected chi connectivity index (χ3v) is 2.37. The number of hydrogen-bond acceptors (Lipinski definition) is 2. The maximum Gasteiger partial charge on any atom is 0.229 e. The maximum absolute atomic E-state index is 13.6. The number of hydrogen-bond donors (Lipinski definition) is 0. The van der Waals surface area contributed by atoms with E-state index in [1.807, 2.05) is 13.0 Å². The standard InChI is InChI=1S/C10H9ClFN3/c1-6-3-4-9(8(12)5-6)15-7(2)13-14-10(15)11/h3-5H,1-2H3. The molecule has 0 unspecified atom stereocenters. The van der Waals surface area contributed by atoms with E-state index in [9.17, 15) is 4.39 Å². The second kappa shape index (κ2) is 3.62. The van der Waals surface area contributed by atoms with Gasteiger partial charge < -0.3 is 0 Å². The highest BCUT2D eigenvalue weighted by Gasteiger charge is 2.12. The van der Waals surface area contributed by atoms with Gasteiger partial charge in [-0.1, -0.05) is 6.07 Å². The van der Waals surface area contributed by atoms with Gasteiger partial charge in [-0.15, -0.1) is 10.2 Å². The summed E-state index contributed by atoms with van der Waals surface area (Å²) in [7, 11) is 0. The Balaban J connectivity index is 2.64. The summed E-state index contributed by atoms with van der Waals surface area (Å²) in [5.41, 5.74) is 1.23. The van der Waals surface area contributed by atoms with E-state index < -0.39 is 0 Å². The van der Waals surface area contributed by atoms with E-state index in [1.54, 1.807) is 13.0 Å². The molecule has 2 rings (SSSR count). The molecule has 0 saturated carbocycles. The van der Waals surface area contributed by atoms with Crippen molar-refractivity contribution in [1.82, 2.24) is 14.8 Å². The van der Waals surface area contributed by atoms with Crippen LogP contribution in [0.1, 0.15) is 11.4 Å². The van der Waals surface area contributed by atoms with Gasteiger partial charge in [0.1, 0.15) is 11.6 Å². The molecule has 0 spiro atoms. The Kier molecular flexibility index (Phi) is 2.44. The molecule has 0 aliphatic rings. The predicted octanol–water partition coefficient (Wildman–Crippen LogP) is 2.68. The summed E-state index contributed by atoms with van der Waals surface area (Å²) in [5.74, 6) is 0.225. The summed E-state index contributed by atoms with van der Waals surface area (Å²) in [5, 5.41) is 7.60. The lowest BCUT2D eigenvalue weighted by Crippen LogP contribution is -2.00. The van der Waals surface area contributed by atoms with Gasteiger partial charge in [0.2, 0.25) is 5.28 Å². The molecule has 0 aliphatic heterocycles. The summed E-state index contributed by atoms with van der Waals surface area (Å²) in [4.78, 5) is 0. The molecule has 1 aromatic carbocycles. The number of aromatic nitrogens is 3. The fourth-order valence-corrected chi connectivity index (χ4v) is 1.65. The molecule has 1 aromatic heterocycles.